The largest absolute Gasteiger partial charge is 0.354 e. The summed E-state index contributed by atoms with van der Waals surface area (Å²) in [4.78, 5) is 16.1. The smallest absolute Gasteiger partial charge is 0.240 e. The molecule has 0 aliphatic rings. The maximum atomic E-state index is 11.9. The molecule has 0 aromatic carbocycles. The molecule has 0 saturated carbocycles. The standard InChI is InChI=1S/C12H17N3OS/c1-3-12(4-2,9-13)11(16)15-6-5-10-14-7-8-17-10/h7-8H,3-6H2,1-2H3,(H,15,16). The Labute approximate surface area is 106 Å². The fraction of sp³-hybridized carbons (Fsp3) is 0.583. The molecule has 0 unspecified atom stereocenters. The lowest BCUT2D eigenvalue weighted by Crippen LogP contribution is -2.40. The summed E-state index contributed by atoms with van der Waals surface area (Å²) in [7, 11) is 0. The number of nitrogens with one attached hydrogen (secondary N) is 1. The quantitative estimate of drug-likeness (QED) is 0.842. The minimum absolute atomic E-state index is 0.165. The third kappa shape index (κ3) is 3.27. The van der Waals surface area contributed by atoms with Gasteiger partial charge in [-0.15, -0.1) is 11.3 Å². The molecule has 1 heterocycles. The minimum Gasteiger partial charge on any atom is -0.354 e. The van der Waals surface area contributed by atoms with Gasteiger partial charge in [0.1, 0.15) is 5.41 Å². The third-order valence-electron chi connectivity index (χ3n) is 2.96. The van der Waals surface area contributed by atoms with Crippen molar-refractivity contribution < 1.29 is 4.79 Å². The van der Waals surface area contributed by atoms with E-state index in [9.17, 15) is 4.79 Å². The van der Waals surface area contributed by atoms with Crippen molar-refractivity contribution >= 4 is 17.2 Å². The monoisotopic (exact) mass is 251 g/mol. The first kappa shape index (κ1) is 13.7. The van der Waals surface area contributed by atoms with Gasteiger partial charge in [0.25, 0.3) is 0 Å². The van der Waals surface area contributed by atoms with Crippen molar-refractivity contribution in [3.63, 3.8) is 0 Å². The van der Waals surface area contributed by atoms with Crippen LogP contribution in [0.15, 0.2) is 11.6 Å². The maximum absolute atomic E-state index is 11.9. The van der Waals surface area contributed by atoms with Crippen molar-refractivity contribution in [2.75, 3.05) is 6.54 Å². The summed E-state index contributed by atoms with van der Waals surface area (Å²) in [6.07, 6.45) is 3.56. The Hall–Kier alpha value is -1.41. The van der Waals surface area contributed by atoms with Crippen LogP contribution in [0.3, 0.4) is 0 Å². The summed E-state index contributed by atoms with van der Waals surface area (Å²) in [6.45, 7) is 4.27. The molecule has 0 aliphatic heterocycles. The summed E-state index contributed by atoms with van der Waals surface area (Å²) in [5.74, 6) is -0.165. The molecule has 0 atom stereocenters. The Bertz CT molecular complexity index is 390. The van der Waals surface area contributed by atoms with E-state index < -0.39 is 5.41 Å². The van der Waals surface area contributed by atoms with Gasteiger partial charge in [-0.2, -0.15) is 5.26 Å². The number of aromatic nitrogens is 1. The van der Waals surface area contributed by atoms with Crippen molar-refractivity contribution in [3.05, 3.63) is 16.6 Å². The molecule has 4 nitrogen and oxygen atoms in total. The van der Waals surface area contributed by atoms with Crippen LogP contribution in [0.4, 0.5) is 0 Å². The lowest BCUT2D eigenvalue weighted by atomic mass is 9.83. The lowest BCUT2D eigenvalue weighted by Gasteiger charge is -2.21. The Morgan fingerprint density at radius 3 is 2.76 bits per heavy atom. The van der Waals surface area contributed by atoms with Gasteiger partial charge in [-0.25, -0.2) is 4.98 Å². The Morgan fingerprint density at radius 1 is 1.59 bits per heavy atom. The number of nitriles is 1. The van der Waals surface area contributed by atoms with Crippen molar-refractivity contribution in [2.24, 2.45) is 5.41 Å². The van der Waals surface area contributed by atoms with E-state index in [0.717, 1.165) is 11.4 Å². The lowest BCUT2D eigenvalue weighted by molar-refractivity contribution is -0.128. The molecule has 0 radical (unpaired) electrons. The van der Waals surface area contributed by atoms with Gasteiger partial charge in [0.05, 0.1) is 11.1 Å². The predicted octanol–water partition coefficient (Wildman–Crippen LogP) is 2.13. The molecule has 1 aromatic rings. The number of nitrogens with zero attached hydrogens (tertiary/aromatic N) is 2. The number of rotatable bonds is 6. The first-order valence-electron chi connectivity index (χ1n) is 5.76. The van der Waals surface area contributed by atoms with Crippen LogP contribution in [0.5, 0.6) is 0 Å². The van der Waals surface area contributed by atoms with Crippen LogP contribution < -0.4 is 5.32 Å². The van der Waals surface area contributed by atoms with Crippen molar-refractivity contribution in [1.29, 1.82) is 5.26 Å². The molecule has 0 fully saturated rings. The van der Waals surface area contributed by atoms with Gasteiger partial charge in [-0.3, -0.25) is 4.79 Å². The fourth-order valence-electron chi connectivity index (χ4n) is 1.61. The highest BCUT2D eigenvalue weighted by Gasteiger charge is 2.34. The van der Waals surface area contributed by atoms with E-state index >= 15 is 0 Å². The van der Waals surface area contributed by atoms with E-state index in [1.54, 1.807) is 17.5 Å². The molecule has 92 valence electrons. The van der Waals surface area contributed by atoms with Gasteiger partial charge in [0.2, 0.25) is 5.91 Å². The Morgan fingerprint density at radius 2 is 2.29 bits per heavy atom. The number of thiazole rings is 1. The Kier molecular flexibility index (Phi) is 5.11. The van der Waals surface area contributed by atoms with Gasteiger partial charge in [0.15, 0.2) is 0 Å². The van der Waals surface area contributed by atoms with Crippen molar-refractivity contribution in [3.8, 4) is 6.07 Å². The average molecular weight is 251 g/mol. The van der Waals surface area contributed by atoms with E-state index in [0.29, 0.717) is 19.4 Å². The molecule has 1 aromatic heterocycles. The molecular formula is C12H17N3OS. The normalized spacial score (nSPS) is 10.9. The van der Waals surface area contributed by atoms with Crippen LogP contribution in [0.25, 0.3) is 0 Å². The molecule has 0 spiro atoms. The first-order chi connectivity index (χ1) is 8.18. The highest BCUT2D eigenvalue weighted by molar-refractivity contribution is 7.09. The van der Waals surface area contributed by atoms with E-state index in [2.05, 4.69) is 16.4 Å². The van der Waals surface area contributed by atoms with Crippen LogP contribution in [0, 0.1) is 16.7 Å². The molecule has 1 N–H and O–H groups in total. The van der Waals surface area contributed by atoms with Crippen molar-refractivity contribution in [2.45, 2.75) is 33.1 Å². The van der Waals surface area contributed by atoms with E-state index in [4.69, 9.17) is 5.26 Å². The van der Waals surface area contributed by atoms with Crippen LogP contribution in [-0.4, -0.2) is 17.4 Å². The Balaban J connectivity index is 2.46. The molecule has 0 bridgehead atoms. The second kappa shape index (κ2) is 6.36. The highest BCUT2D eigenvalue weighted by Crippen LogP contribution is 2.25. The van der Waals surface area contributed by atoms with Crippen LogP contribution in [-0.2, 0) is 11.2 Å². The summed E-state index contributed by atoms with van der Waals surface area (Å²) < 4.78 is 0. The number of amides is 1. The number of carbonyl (C=O) groups is 1. The molecule has 5 heteroatoms. The van der Waals surface area contributed by atoms with Crippen LogP contribution >= 0.6 is 11.3 Å². The summed E-state index contributed by atoms with van der Waals surface area (Å²) in [5, 5.41) is 14.8. The predicted molar refractivity (Wildman–Crippen MR) is 67.5 cm³/mol. The van der Waals surface area contributed by atoms with E-state index in [-0.39, 0.29) is 5.91 Å². The van der Waals surface area contributed by atoms with Gasteiger partial charge in [0, 0.05) is 24.5 Å². The zero-order chi connectivity index (χ0) is 12.7. The first-order valence-corrected chi connectivity index (χ1v) is 6.64. The zero-order valence-electron chi connectivity index (χ0n) is 10.2. The topological polar surface area (TPSA) is 65.8 Å². The van der Waals surface area contributed by atoms with Gasteiger partial charge in [-0.05, 0) is 12.8 Å². The summed E-state index contributed by atoms with van der Waals surface area (Å²) in [5.41, 5.74) is -0.872. The highest BCUT2D eigenvalue weighted by atomic mass is 32.1. The van der Waals surface area contributed by atoms with Crippen LogP contribution in [0.2, 0.25) is 0 Å². The van der Waals surface area contributed by atoms with Gasteiger partial charge in [-0.1, -0.05) is 13.8 Å². The fourth-order valence-corrected chi connectivity index (χ4v) is 2.23. The number of hydrogen-bond acceptors (Lipinski definition) is 4. The molecular weight excluding hydrogens is 234 g/mol. The molecule has 17 heavy (non-hydrogen) atoms. The number of hydrogen-bond donors (Lipinski definition) is 1. The number of carbonyl (C=O) groups excluding carboxylic acids is 1. The minimum atomic E-state index is -0.872. The SMILES string of the molecule is CCC(C#N)(CC)C(=O)NCCc1nccs1. The van der Waals surface area contributed by atoms with Crippen molar-refractivity contribution in [1.82, 2.24) is 10.3 Å². The van der Waals surface area contributed by atoms with Gasteiger partial charge >= 0.3 is 0 Å². The zero-order valence-corrected chi connectivity index (χ0v) is 11.0. The third-order valence-corrected chi connectivity index (χ3v) is 3.80. The average Bonchev–Trinajstić information content (AvgIpc) is 2.85. The summed E-state index contributed by atoms with van der Waals surface area (Å²) >= 11 is 1.57. The second-order valence-electron chi connectivity index (χ2n) is 3.83. The van der Waals surface area contributed by atoms with E-state index in [1.807, 2.05) is 19.2 Å². The molecule has 0 aliphatic carbocycles. The van der Waals surface area contributed by atoms with Gasteiger partial charge < -0.3 is 5.32 Å². The second-order valence-corrected chi connectivity index (χ2v) is 4.81. The molecule has 1 rings (SSSR count). The maximum Gasteiger partial charge on any atom is 0.240 e. The van der Waals surface area contributed by atoms with E-state index in [1.165, 1.54) is 0 Å². The molecule has 1 amide bonds. The molecule has 0 saturated heterocycles. The summed E-state index contributed by atoms with van der Waals surface area (Å²) in [6, 6.07) is 2.13. The van der Waals surface area contributed by atoms with Crippen LogP contribution in [0.1, 0.15) is 31.7 Å².